The summed E-state index contributed by atoms with van der Waals surface area (Å²) in [4.78, 5) is 40.2. The van der Waals surface area contributed by atoms with Crippen LogP contribution in [-0.2, 0) is 14.3 Å². The van der Waals surface area contributed by atoms with Crippen LogP contribution in [0.15, 0.2) is 24.3 Å². The number of benzene rings is 1. The molecule has 0 aliphatic carbocycles. The van der Waals surface area contributed by atoms with Crippen LogP contribution in [0.3, 0.4) is 0 Å². The third-order valence-electron chi connectivity index (χ3n) is 4.90. The minimum atomic E-state index is -0.915. The lowest BCUT2D eigenvalue weighted by Crippen LogP contribution is -2.51. The van der Waals surface area contributed by atoms with E-state index >= 15 is 0 Å². The van der Waals surface area contributed by atoms with Crippen molar-refractivity contribution in [2.24, 2.45) is 0 Å². The molecule has 176 valence electrons. The molecule has 1 aromatic carbocycles. The predicted octanol–water partition coefficient (Wildman–Crippen LogP) is 3.78. The Hall–Kier alpha value is -3.01. The molecule has 0 radical (unpaired) electrons. The van der Waals surface area contributed by atoms with Gasteiger partial charge in [-0.15, -0.1) is 6.42 Å². The number of hydrogen-bond donors (Lipinski definition) is 2. The van der Waals surface area contributed by atoms with Crippen molar-refractivity contribution in [1.82, 2.24) is 15.5 Å². The minimum absolute atomic E-state index is 0.268. The van der Waals surface area contributed by atoms with E-state index in [2.05, 4.69) is 16.6 Å². The standard InChI is InChI=1S/C25H37N3O4/c1-8-11-16-26-23(30)22(20-15-13-12-14-19(20)10-3)28(18(4)9-2)21(29)17-27-24(31)32-25(5,6)7/h3,12-15,18,22H,8-9,11,16-17H2,1-2,4-7H3,(H,26,30)(H,27,31). The van der Waals surface area contributed by atoms with Gasteiger partial charge in [-0.25, -0.2) is 4.79 Å². The van der Waals surface area contributed by atoms with E-state index < -0.39 is 23.6 Å². The molecule has 2 N–H and O–H groups in total. The third kappa shape index (κ3) is 8.26. The second kappa shape index (κ2) is 12.7. The molecular weight excluding hydrogens is 406 g/mol. The maximum absolute atomic E-state index is 13.3. The Morgan fingerprint density at radius 3 is 2.38 bits per heavy atom. The molecule has 0 fully saturated rings. The van der Waals surface area contributed by atoms with E-state index in [4.69, 9.17) is 11.2 Å². The number of hydrogen-bond acceptors (Lipinski definition) is 4. The normalized spacial score (nSPS) is 12.8. The summed E-state index contributed by atoms with van der Waals surface area (Å²) in [7, 11) is 0. The molecule has 2 unspecified atom stereocenters. The molecule has 1 rings (SSSR count). The smallest absolute Gasteiger partial charge is 0.408 e. The number of ether oxygens (including phenoxy) is 1. The molecule has 0 aliphatic rings. The molecule has 0 aliphatic heterocycles. The first-order valence-corrected chi connectivity index (χ1v) is 11.2. The van der Waals surface area contributed by atoms with Crippen molar-refractivity contribution in [3.05, 3.63) is 35.4 Å². The van der Waals surface area contributed by atoms with Crippen molar-refractivity contribution in [3.8, 4) is 12.3 Å². The fraction of sp³-hybridized carbons (Fsp3) is 0.560. The number of unbranched alkanes of at least 4 members (excludes halogenated alkanes) is 1. The van der Waals surface area contributed by atoms with E-state index in [1.54, 1.807) is 45.0 Å². The zero-order valence-electron chi connectivity index (χ0n) is 20.2. The first-order valence-electron chi connectivity index (χ1n) is 11.2. The maximum atomic E-state index is 13.3. The van der Waals surface area contributed by atoms with Crippen LogP contribution in [0.2, 0.25) is 0 Å². The van der Waals surface area contributed by atoms with Crippen LogP contribution in [-0.4, -0.2) is 47.5 Å². The highest BCUT2D eigenvalue weighted by molar-refractivity contribution is 5.91. The van der Waals surface area contributed by atoms with E-state index in [1.807, 2.05) is 20.8 Å². The largest absolute Gasteiger partial charge is 0.444 e. The first kappa shape index (κ1) is 27.0. The minimum Gasteiger partial charge on any atom is -0.444 e. The molecule has 0 aromatic heterocycles. The Kier molecular flexibility index (Phi) is 10.8. The highest BCUT2D eigenvalue weighted by Crippen LogP contribution is 2.27. The van der Waals surface area contributed by atoms with Gasteiger partial charge in [0.15, 0.2) is 0 Å². The quantitative estimate of drug-likeness (QED) is 0.426. The molecule has 0 bridgehead atoms. The lowest BCUT2D eigenvalue weighted by atomic mass is 9.96. The number of nitrogens with zero attached hydrogens (tertiary/aromatic N) is 1. The van der Waals surface area contributed by atoms with Crippen LogP contribution in [0.1, 0.15) is 78.0 Å². The van der Waals surface area contributed by atoms with Gasteiger partial charge in [-0.3, -0.25) is 9.59 Å². The van der Waals surface area contributed by atoms with E-state index in [0.29, 0.717) is 24.1 Å². The first-order chi connectivity index (χ1) is 15.1. The molecule has 0 spiro atoms. The topological polar surface area (TPSA) is 87.7 Å². The monoisotopic (exact) mass is 443 g/mol. The van der Waals surface area contributed by atoms with E-state index in [9.17, 15) is 14.4 Å². The molecule has 0 saturated carbocycles. The van der Waals surface area contributed by atoms with E-state index in [1.165, 1.54) is 4.90 Å². The fourth-order valence-electron chi connectivity index (χ4n) is 3.16. The summed E-state index contributed by atoms with van der Waals surface area (Å²) < 4.78 is 5.22. The van der Waals surface area contributed by atoms with E-state index in [-0.39, 0.29) is 18.5 Å². The zero-order valence-corrected chi connectivity index (χ0v) is 20.2. The molecule has 2 atom stereocenters. The third-order valence-corrected chi connectivity index (χ3v) is 4.90. The van der Waals surface area contributed by atoms with Crippen molar-refractivity contribution in [2.75, 3.05) is 13.1 Å². The van der Waals surface area contributed by atoms with Gasteiger partial charge in [-0.05, 0) is 52.2 Å². The van der Waals surface area contributed by atoms with Crippen molar-refractivity contribution in [1.29, 1.82) is 0 Å². The molecule has 0 saturated heterocycles. The van der Waals surface area contributed by atoms with Gasteiger partial charge in [0.05, 0.1) is 0 Å². The summed E-state index contributed by atoms with van der Waals surface area (Å²) in [5.41, 5.74) is 0.441. The van der Waals surface area contributed by atoms with Crippen molar-refractivity contribution in [3.63, 3.8) is 0 Å². The van der Waals surface area contributed by atoms with E-state index in [0.717, 1.165) is 12.8 Å². The number of terminal acetylenes is 1. The molecular formula is C25H37N3O4. The summed E-state index contributed by atoms with van der Waals surface area (Å²) >= 11 is 0. The molecule has 7 nitrogen and oxygen atoms in total. The summed E-state index contributed by atoms with van der Waals surface area (Å²) in [5.74, 6) is 1.92. The Morgan fingerprint density at radius 2 is 1.81 bits per heavy atom. The highest BCUT2D eigenvalue weighted by Gasteiger charge is 2.35. The van der Waals surface area contributed by atoms with Gasteiger partial charge in [0, 0.05) is 18.2 Å². The second-order valence-corrected chi connectivity index (χ2v) is 8.69. The van der Waals surface area contributed by atoms with Crippen LogP contribution in [0.25, 0.3) is 0 Å². The number of carbonyl (C=O) groups excluding carboxylic acids is 3. The Morgan fingerprint density at radius 1 is 1.16 bits per heavy atom. The lowest BCUT2D eigenvalue weighted by molar-refractivity contribution is -0.142. The molecule has 1 aromatic rings. The van der Waals surface area contributed by atoms with Crippen LogP contribution in [0, 0.1) is 12.3 Å². The zero-order chi connectivity index (χ0) is 24.3. The number of nitrogens with one attached hydrogen (secondary N) is 2. The number of amides is 3. The highest BCUT2D eigenvalue weighted by atomic mass is 16.6. The van der Waals surface area contributed by atoms with Gasteiger partial charge in [-0.2, -0.15) is 0 Å². The number of alkyl carbamates (subject to hydrolysis) is 1. The molecule has 32 heavy (non-hydrogen) atoms. The second-order valence-electron chi connectivity index (χ2n) is 8.69. The van der Waals surface area contributed by atoms with Crippen LogP contribution >= 0.6 is 0 Å². The Bertz CT molecular complexity index is 823. The molecule has 0 heterocycles. The SMILES string of the molecule is C#Cc1ccccc1C(C(=O)NCCCC)N(C(=O)CNC(=O)OC(C)(C)C)C(C)CC. The van der Waals surface area contributed by atoms with Gasteiger partial charge in [0.2, 0.25) is 11.8 Å². The maximum Gasteiger partial charge on any atom is 0.408 e. The van der Waals surface area contributed by atoms with Gasteiger partial charge < -0.3 is 20.3 Å². The fourth-order valence-corrected chi connectivity index (χ4v) is 3.16. The van der Waals surface area contributed by atoms with Crippen molar-refractivity contribution in [2.45, 2.75) is 78.5 Å². The number of rotatable bonds is 10. The summed E-state index contributed by atoms with van der Waals surface area (Å²) in [5, 5.41) is 5.43. The van der Waals surface area contributed by atoms with Gasteiger partial charge in [-0.1, -0.05) is 44.4 Å². The van der Waals surface area contributed by atoms with Gasteiger partial charge in [0.25, 0.3) is 0 Å². The summed E-state index contributed by atoms with van der Waals surface area (Å²) in [6.45, 7) is 11.3. The Labute approximate surface area is 192 Å². The lowest BCUT2D eigenvalue weighted by Gasteiger charge is -2.36. The van der Waals surface area contributed by atoms with Gasteiger partial charge >= 0.3 is 6.09 Å². The molecule has 7 heteroatoms. The van der Waals surface area contributed by atoms with Gasteiger partial charge in [0.1, 0.15) is 18.2 Å². The average molecular weight is 444 g/mol. The van der Waals surface area contributed by atoms with Crippen LogP contribution in [0.5, 0.6) is 0 Å². The summed E-state index contributed by atoms with van der Waals surface area (Å²) in [6.07, 6.45) is 7.38. The van der Waals surface area contributed by atoms with Crippen LogP contribution < -0.4 is 10.6 Å². The average Bonchev–Trinajstić information content (AvgIpc) is 2.74. The summed E-state index contributed by atoms with van der Waals surface area (Å²) in [6, 6.07) is 5.92. The number of carbonyl (C=O) groups is 3. The molecule has 3 amide bonds. The predicted molar refractivity (Wildman–Crippen MR) is 126 cm³/mol. The Balaban J connectivity index is 3.28. The van der Waals surface area contributed by atoms with Crippen molar-refractivity contribution >= 4 is 17.9 Å². The van der Waals surface area contributed by atoms with Crippen LogP contribution in [0.4, 0.5) is 4.79 Å². The van der Waals surface area contributed by atoms with Crippen molar-refractivity contribution < 1.29 is 19.1 Å².